The largest absolute Gasteiger partial charge is 0.388 e. The lowest BCUT2D eigenvalue weighted by atomic mass is 10.1. The number of hydrogen-bond donors (Lipinski definition) is 3. The number of rotatable bonds is 1. The molecule has 0 aliphatic carbocycles. The van der Waals surface area contributed by atoms with Gasteiger partial charge in [0.2, 0.25) is 0 Å². The summed E-state index contributed by atoms with van der Waals surface area (Å²) < 4.78 is 19.8. The van der Waals surface area contributed by atoms with Crippen LogP contribution in [0.4, 0.5) is 10.2 Å². The average molecular weight is 268 g/mol. The molecule has 0 bridgehead atoms. The minimum absolute atomic E-state index is 0.0790. The quantitative estimate of drug-likeness (QED) is 0.567. The van der Waals surface area contributed by atoms with E-state index in [9.17, 15) is 14.6 Å². The van der Waals surface area contributed by atoms with Gasteiger partial charge in [-0.2, -0.15) is 14.4 Å². The molecule has 9 heteroatoms. The van der Waals surface area contributed by atoms with Gasteiger partial charge in [0, 0.05) is 0 Å². The number of ether oxygens (including phenoxy) is 1. The monoisotopic (exact) mass is 268 g/mol. The molecule has 1 aliphatic rings. The summed E-state index contributed by atoms with van der Waals surface area (Å²) >= 11 is 0. The molecule has 0 aromatic carbocycles. The molecule has 0 amide bonds. The van der Waals surface area contributed by atoms with Crippen LogP contribution >= 0.6 is 0 Å². The first-order valence-corrected chi connectivity index (χ1v) is 5.49. The van der Waals surface area contributed by atoms with Crippen LogP contribution in [-0.2, 0) is 4.74 Å². The molecule has 0 unspecified atom stereocenters. The van der Waals surface area contributed by atoms with Crippen molar-refractivity contribution >= 4 is 17.0 Å². The summed E-state index contributed by atoms with van der Waals surface area (Å²) in [6.45, 7) is 3.55. The Morgan fingerprint density at radius 3 is 2.74 bits per heavy atom. The predicted octanol–water partition coefficient (Wildman–Crippen LogP) is -0.999. The number of nitrogen functional groups attached to an aromatic ring is 1. The topological polar surface area (TPSA) is 119 Å². The molecule has 4 N–H and O–H groups in total. The third kappa shape index (κ3) is 1.74. The molecule has 2 aromatic rings. The van der Waals surface area contributed by atoms with Crippen LogP contribution in [0, 0.1) is 13.0 Å². The van der Waals surface area contributed by atoms with E-state index in [4.69, 9.17) is 10.5 Å². The number of aliphatic hydroxyl groups excluding tert-OH is 2. The fraction of sp³-hybridized carbons (Fsp3) is 0.400. The van der Waals surface area contributed by atoms with E-state index in [2.05, 4.69) is 21.9 Å². The van der Waals surface area contributed by atoms with Crippen molar-refractivity contribution in [3.63, 3.8) is 0 Å². The second kappa shape index (κ2) is 4.08. The van der Waals surface area contributed by atoms with E-state index in [1.165, 1.54) is 10.9 Å². The Morgan fingerprint density at radius 2 is 2.11 bits per heavy atom. The van der Waals surface area contributed by atoms with E-state index >= 15 is 0 Å². The average Bonchev–Trinajstić information content (AvgIpc) is 2.86. The fourth-order valence-electron chi connectivity index (χ4n) is 2.06. The van der Waals surface area contributed by atoms with Crippen LogP contribution in [0.25, 0.3) is 11.2 Å². The van der Waals surface area contributed by atoms with Gasteiger partial charge in [0.15, 0.2) is 23.2 Å². The zero-order chi connectivity index (χ0) is 13.7. The predicted molar refractivity (Wildman–Crippen MR) is 61.0 cm³/mol. The van der Waals surface area contributed by atoms with E-state index < -0.39 is 30.6 Å². The van der Waals surface area contributed by atoms with Gasteiger partial charge in [0.25, 0.3) is 0 Å². The number of nitrogens with zero attached hydrogens (tertiary/aromatic N) is 4. The lowest BCUT2D eigenvalue weighted by Gasteiger charge is -2.16. The van der Waals surface area contributed by atoms with E-state index in [0.29, 0.717) is 0 Å². The zero-order valence-corrected chi connectivity index (χ0v) is 9.64. The van der Waals surface area contributed by atoms with Crippen molar-refractivity contribution < 1.29 is 19.3 Å². The van der Waals surface area contributed by atoms with Crippen LogP contribution < -0.4 is 5.73 Å². The molecule has 8 nitrogen and oxygen atoms in total. The Labute approximate surface area is 106 Å². The molecule has 3 rings (SSSR count). The van der Waals surface area contributed by atoms with Gasteiger partial charge in [-0.3, -0.25) is 4.57 Å². The summed E-state index contributed by atoms with van der Waals surface area (Å²) in [5, 5.41) is 19.5. The molecule has 1 aliphatic heterocycles. The standard InChI is InChI=1S/C10H11FN5O3/c1-3-5(17)6(18)9(19-3)16-2-13-4-7(12)14-10(11)15-8(4)16/h2-3,5-6,9,17-18H,1H2,(H2,12,14,15)/t3-,5-,6+,9-/m1/s1. The maximum absolute atomic E-state index is 13.2. The Morgan fingerprint density at radius 1 is 1.37 bits per heavy atom. The second-order valence-electron chi connectivity index (χ2n) is 4.25. The Bertz CT molecular complexity index is 633. The molecule has 1 radical (unpaired) electrons. The van der Waals surface area contributed by atoms with E-state index in [-0.39, 0.29) is 17.0 Å². The molecule has 1 saturated heterocycles. The van der Waals surface area contributed by atoms with E-state index in [0.717, 1.165) is 0 Å². The summed E-state index contributed by atoms with van der Waals surface area (Å²) in [6, 6.07) is 0. The number of anilines is 1. The third-order valence-electron chi connectivity index (χ3n) is 3.03. The number of hydrogen-bond acceptors (Lipinski definition) is 7. The Hall–Kier alpha value is -1.84. The lowest BCUT2D eigenvalue weighted by Crippen LogP contribution is -2.30. The van der Waals surface area contributed by atoms with Crippen LogP contribution in [0.15, 0.2) is 6.33 Å². The SMILES string of the molecule is [CH2][C@H]1O[C@@H](n2cnc3c(N)nc(F)nc32)[C@@H](O)[C@@H]1O. The van der Waals surface area contributed by atoms with Crippen molar-refractivity contribution in [1.29, 1.82) is 0 Å². The van der Waals surface area contributed by atoms with Crippen molar-refractivity contribution in [3.05, 3.63) is 19.3 Å². The van der Waals surface area contributed by atoms with E-state index in [1.54, 1.807) is 0 Å². The molecule has 101 valence electrons. The van der Waals surface area contributed by atoms with Crippen LogP contribution in [0.3, 0.4) is 0 Å². The van der Waals surface area contributed by atoms with Gasteiger partial charge in [-0.05, 0) is 6.92 Å². The van der Waals surface area contributed by atoms with Gasteiger partial charge in [0.1, 0.15) is 12.2 Å². The fourth-order valence-corrected chi connectivity index (χ4v) is 2.06. The molecule has 4 atom stereocenters. The third-order valence-corrected chi connectivity index (χ3v) is 3.03. The highest BCUT2D eigenvalue weighted by atomic mass is 19.1. The normalized spacial score (nSPS) is 31.2. The van der Waals surface area contributed by atoms with Crippen molar-refractivity contribution in [2.45, 2.75) is 24.5 Å². The van der Waals surface area contributed by atoms with Crippen LogP contribution in [0.5, 0.6) is 0 Å². The molecule has 1 fully saturated rings. The van der Waals surface area contributed by atoms with Crippen LogP contribution in [0.1, 0.15) is 6.23 Å². The Balaban J connectivity index is 2.11. The summed E-state index contributed by atoms with van der Waals surface area (Å²) in [6.07, 6.45) is -3.86. The van der Waals surface area contributed by atoms with Gasteiger partial charge in [0.05, 0.1) is 12.4 Å². The van der Waals surface area contributed by atoms with Crippen molar-refractivity contribution in [2.24, 2.45) is 0 Å². The van der Waals surface area contributed by atoms with Crippen LogP contribution in [0.2, 0.25) is 0 Å². The number of halogens is 1. The number of aliphatic hydroxyl groups is 2. The highest BCUT2D eigenvalue weighted by Gasteiger charge is 2.42. The smallest absolute Gasteiger partial charge is 0.312 e. The highest BCUT2D eigenvalue weighted by Crippen LogP contribution is 2.31. The summed E-state index contributed by atoms with van der Waals surface area (Å²) in [5.74, 6) is -0.111. The zero-order valence-electron chi connectivity index (χ0n) is 9.64. The first kappa shape index (κ1) is 12.2. The minimum atomic E-state index is -1.22. The molecule has 2 aromatic heterocycles. The number of nitrogens with two attached hydrogens (primary N) is 1. The molecular weight excluding hydrogens is 257 g/mol. The molecule has 19 heavy (non-hydrogen) atoms. The first-order chi connectivity index (χ1) is 8.99. The number of imidazole rings is 1. The lowest BCUT2D eigenvalue weighted by molar-refractivity contribution is -0.0250. The van der Waals surface area contributed by atoms with Gasteiger partial charge >= 0.3 is 6.08 Å². The van der Waals surface area contributed by atoms with E-state index in [1.807, 2.05) is 0 Å². The maximum Gasteiger partial charge on any atom is 0.312 e. The van der Waals surface area contributed by atoms with Crippen molar-refractivity contribution in [3.8, 4) is 0 Å². The summed E-state index contributed by atoms with van der Waals surface area (Å²) in [7, 11) is 0. The number of aromatic nitrogens is 4. The van der Waals surface area contributed by atoms with Crippen LogP contribution in [-0.4, -0.2) is 48.0 Å². The molecule has 0 saturated carbocycles. The van der Waals surface area contributed by atoms with Gasteiger partial charge in [-0.15, -0.1) is 0 Å². The second-order valence-corrected chi connectivity index (χ2v) is 4.25. The summed E-state index contributed by atoms with van der Waals surface area (Å²) in [5.41, 5.74) is 5.80. The van der Waals surface area contributed by atoms with Crippen molar-refractivity contribution in [2.75, 3.05) is 5.73 Å². The summed E-state index contributed by atoms with van der Waals surface area (Å²) in [4.78, 5) is 10.9. The van der Waals surface area contributed by atoms with Crippen molar-refractivity contribution in [1.82, 2.24) is 19.5 Å². The van der Waals surface area contributed by atoms with Gasteiger partial charge in [-0.1, -0.05) is 0 Å². The highest BCUT2D eigenvalue weighted by molar-refractivity contribution is 5.81. The first-order valence-electron chi connectivity index (χ1n) is 5.49. The Kier molecular flexibility index (Phi) is 2.62. The molecule has 0 spiro atoms. The maximum atomic E-state index is 13.2. The number of fused-ring (bicyclic) bond motifs is 1. The molecular formula is C10H11FN5O3. The molecule has 3 heterocycles. The van der Waals surface area contributed by atoms with Gasteiger partial charge in [-0.25, -0.2) is 4.98 Å². The van der Waals surface area contributed by atoms with Gasteiger partial charge < -0.3 is 20.7 Å². The minimum Gasteiger partial charge on any atom is -0.388 e.